The van der Waals surface area contributed by atoms with E-state index in [1.54, 1.807) is 4.72 Å². The molecule has 0 bridgehead atoms. The Morgan fingerprint density at radius 2 is 1.92 bits per heavy atom. The predicted octanol–water partition coefficient (Wildman–Crippen LogP) is -1.28. The molecule has 0 aromatic rings. The van der Waals surface area contributed by atoms with Gasteiger partial charge < -0.3 is 10.4 Å². The molecule has 8 heteroatoms. The maximum absolute atomic E-state index is 10.7. The molecular weight excluding hydrogens is 200 g/mol. The second-order valence-electron chi connectivity index (χ2n) is 2.28. The topological polar surface area (TPSA) is 113 Å². The highest BCUT2D eigenvalue weighted by Gasteiger charge is 2.07. The number of nitrogens with one attached hydrogen (secondary N) is 2. The Labute approximate surface area is 75.2 Å². The highest BCUT2D eigenvalue weighted by atomic mass is 32.2. The van der Waals surface area contributed by atoms with Gasteiger partial charge in [-0.05, 0) is 0 Å². The van der Waals surface area contributed by atoms with Crippen LogP contribution in [0.1, 0.15) is 6.42 Å². The Kier molecular flexibility index (Phi) is 4.18. The SMILES string of the molecule is CS(=O)(=O)NC(=O)CCNC(=O)O. The van der Waals surface area contributed by atoms with Crippen molar-refractivity contribution in [3.05, 3.63) is 0 Å². The van der Waals surface area contributed by atoms with Gasteiger partial charge in [0, 0.05) is 13.0 Å². The first-order valence-corrected chi connectivity index (χ1v) is 5.18. The summed E-state index contributed by atoms with van der Waals surface area (Å²) in [5.41, 5.74) is 0. The first kappa shape index (κ1) is 11.7. The van der Waals surface area contributed by atoms with Crippen molar-refractivity contribution >= 4 is 22.0 Å². The zero-order valence-corrected chi connectivity index (χ0v) is 7.72. The van der Waals surface area contributed by atoms with E-state index in [0.29, 0.717) is 0 Å². The summed E-state index contributed by atoms with van der Waals surface area (Å²) < 4.78 is 22.6. The van der Waals surface area contributed by atoms with Crippen LogP contribution in [0, 0.1) is 0 Å². The van der Waals surface area contributed by atoms with E-state index in [1.165, 1.54) is 0 Å². The van der Waals surface area contributed by atoms with Crippen LogP contribution in [0.2, 0.25) is 0 Å². The van der Waals surface area contributed by atoms with Crippen molar-refractivity contribution in [1.82, 2.24) is 10.0 Å². The molecule has 0 heterocycles. The van der Waals surface area contributed by atoms with E-state index in [9.17, 15) is 18.0 Å². The number of hydrogen-bond acceptors (Lipinski definition) is 4. The van der Waals surface area contributed by atoms with Crippen molar-refractivity contribution < 1.29 is 23.1 Å². The summed E-state index contributed by atoms with van der Waals surface area (Å²) in [5.74, 6) is -0.740. The van der Waals surface area contributed by atoms with Gasteiger partial charge in [0.05, 0.1) is 6.26 Å². The highest BCUT2D eigenvalue weighted by molar-refractivity contribution is 7.89. The number of rotatable bonds is 4. The minimum Gasteiger partial charge on any atom is -0.465 e. The minimum absolute atomic E-state index is 0.114. The average molecular weight is 210 g/mol. The van der Waals surface area contributed by atoms with Gasteiger partial charge in [0.2, 0.25) is 15.9 Å². The molecular formula is C5H10N2O5S. The largest absolute Gasteiger partial charge is 0.465 e. The summed E-state index contributed by atoms with van der Waals surface area (Å²) in [6.07, 6.45) is -0.623. The lowest BCUT2D eigenvalue weighted by Gasteiger charge is -2.01. The van der Waals surface area contributed by atoms with Crippen LogP contribution in [-0.2, 0) is 14.8 Å². The Morgan fingerprint density at radius 3 is 2.31 bits per heavy atom. The summed E-state index contributed by atoms with van der Waals surface area (Å²) in [5, 5.41) is 10.0. The smallest absolute Gasteiger partial charge is 0.404 e. The lowest BCUT2D eigenvalue weighted by Crippen LogP contribution is -2.33. The molecule has 0 saturated carbocycles. The van der Waals surface area contributed by atoms with Crippen LogP contribution in [0.5, 0.6) is 0 Å². The fraction of sp³-hybridized carbons (Fsp3) is 0.600. The molecule has 0 saturated heterocycles. The van der Waals surface area contributed by atoms with Crippen molar-refractivity contribution in [2.45, 2.75) is 6.42 Å². The van der Waals surface area contributed by atoms with Gasteiger partial charge in [-0.25, -0.2) is 13.2 Å². The average Bonchev–Trinajstić information content (AvgIpc) is 1.81. The summed E-state index contributed by atoms with van der Waals surface area (Å²) in [4.78, 5) is 20.6. The number of sulfonamides is 1. The normalized spacial score (nSPS) is 10.5. The first-order valence-electron chi connectivity index (χ1n) is 3.28. The van der Waals surface area contributed by atoms with Gasteiger partial charge in [0.1, 0.15) is 0 Å². The monoisotopic (exact) mass is 210 g/mol. The number of hydrogen-bond donors (Lipinski definition) is 3. The molecule has 0 aromatic heterocycles. The van der Waals surface area contributed by atoms with Gasteiger partial charge in [0.15, 0.2) is 0 Å². The molecule has 0 unspecified atom stereocenters. The highest BCUT2D eigenvalue weighted by Crippen LogP contribution is 1.81. The maximum atomic E-state index is 10.7. The van der Waals surface area contributed by atoms with E-state index < -0.39 is 22.0 Å². The molecule has 0 fully saturated rings. The third-order valence-corrected chi connectivity index (χ3v) is 1.53. The third-order valence-electron chi connectivity index (χ3n) is 0.928. The fourth-order valence-corrected chi connectivity index (χ4v) is 1.06. The standard InChI is InChI=1S/C5H10N2O5S/c1-13(11,12)7-4(8)2-3-6-5(9)10/h6H,2-3H2,1H3,(H,7,8)(H,9,10). The molecule has 13 heavy (non-hydrogen) atoms. The molecule has 2 amide bonds. The first-order chi connectivity index (χ1) is 5.81. The molecule has 0 aliphatic carbocycles. The van der Waals surface area contributed by atoms with Crippen molar-refractivity contribution in [1.29, 1.82) is 0 Å². The number of carboxylic acid groups (broad SMARTS) is 1. The second-order valence-corrected chi connectivity index (χ2v) is 4.03. The van der Waals surface area contributed by atoms with Crippen LogP contribution in [0.3, 0.4) is 0 Å². The zero-order valence-electron chi connectivity index (χ0n) is 6.90. The van der Waals surface area contributed by atoms with Crippen molar-refractivity contribution in [3.63, 3.8) is 0 Å². The van der Waals surface area contributed by atoms with Gasteiger partial charge in [-0.1, -0.05) is 0 Å². The van der Waals surface area contributed by atoms with Crippen LogP contribution >= 0.6 is 0 Å². The molecule has 7 nitrogen and oxygen atoms in total. The molecule has 0 spiro atoms. The quantitative estimate of drug-likeness (QED) is 0.535. The van der Waals surface area contributed by atoms with Crippen LogP contribution in [0.25, 0.3) is 0 Å². The fourth-order valence-electron chi connectivity index (χ4n) is 0.541. The Balaban J connectivity index is 3.71. The molecule has 0 aliphatic heterocycles. The maximum Gasteiger partial charge on any atom is 0.404 e. The van der Waals surface area contributed by atoms with Gasteiger partial charge >= 0.3 is 6.09 Å². The number of carbonyl (C=O) groups excluding carboxylic acids is 1. The van der Waals surface area contributed by atoms with E-state index in [4.69, 9.17) is 5.11 Å². The van der Waals surface area contributed by atoms with Crippen molar-refractivity contribution in [2.75, 3.05) is 12.8 Å². The lowest BCUT2D eigenvalue weighted by molar-refractivity contribution is -0.119. The van der Waals surface area contributed by atoms with E-state index in [2.05, 4.69) is 0 Å². The van der Waals surface area contributed by atoms with Crippen LogP contribution in [0.15, 0.2) is 0 Å². The molecule has 3 N–H and O–H groups in total. The van der Waals surface area contributed by atoms with Crippen LogP contribution < -0.4 is 10.0 Å². The third kappa shape index (κ3) is 8.60. The Hall–Kier alpha value is -1.31. The van der Waals surface area contributed by atoms with Crippen LogP contribution in [-0.4, -0.2) is 38.3 Å². The Morgan fingerprint density at radius 1 is 1.38 bits per heavy atom. The Bertz CT molecular complexity index is 296. The van der Waals surface area contributed by atoms with Crippen molar-refractivity contribution in [3.8, 4) is 0 Å². The van der Waals surface area contributed by atoms with Gasteiger partial charge in [-0.2, -0.15) is 0 Å². The number of carbonyl (C=O) groups is 2. The molecule has 0 atom stereocenters. The summed E-state index contributed by atoms with van der Waals surface area (Å²) in [6, 6.07) is 0. The molecule has 0 radical (unpaired) electrons. The number of amides is 2. The lowest BCUT2D eigenvalue weighted by atomic mass is 10.4. The van der Waals surface area contributed by atoms with E-state index in [1.807, 2.05) is 5.32 Å². The zero-order chi connectivity index (χ0) is 10.5. The van der Waals surface area contributed by atoms with Gasteiger partial charge in [-0.3, -0.25) is 9.52 Å². The van der Waals surface area contributed by atoms with Crippen molar-refractivity contribution in [2.24, 2.45) is 0 Å². The molecule has 76 valence electrons. The van der Waals surface area contributed by atoms with E-state index >= 15 is 0 Å². The summed E-state index contributed by atoms with van der Waals surface area (Å²) in [7, 11) is -3.55. The second kappa shape index (κ2) is 4.65. The molecule has 0 rings (SSSR count). The summed E-state index contributed by atoms with van der Waals surface area (Å²) in [6.45, 7) is -0.114. The predicted molar refractivity (Wildman–Crippen MR) is 43.6 cm³/mol. The molecule has 0 aliphatic rings. The van der Waals surface area contributed by atoms with E-state index in [-0.39, 0.29) is 13.0 Å². The summed E-state index contributed by atoms with van der Waals surface area (Å²) >= 11 is 0. The van der Waals surface area contributed by atoms with Gasteiger partial charge in [0.25, 0.3) is 0 Å². The van der Waals surface area contributed by atoms with Gasteiger partial charge in [-0.15, -0.1) is 0 Å². The van der Waals surface area contributed by atoms with Crippen LogP contribution in [0.4, 0.5) is 4.79 Å². The van der Waals surface area contributed by atoms with E-state index in [0.717, 1.165) is 6.26 Å². The molecule has 0 aromatic carbocycles. The minimum atomic E-state index is -3.55.